The molecule has 1 aliphatic rings. The topological polar surface area (TPSA) is 159 Å². The van der Waals surface area contributed by atoms with E-state index in [1.807, 2.05) is 51.1 Å². The van der Waals surface area contributed by atoms with E-state index in [1.54, 1.807) is 30.2 Å². The number of carbonyl (C=O) groups excluding carboxylic acids is 2. The molecule has 1 unspecified atom stereocenters. The summed E-state index contributed by atoms with van der Waals surface area (Å²) in [5.41, 5.74) is 10.0. The van der Waals surface area contributed by atoms with E-state index in [-0.39, 0.29) is 29.0 Å². The van der Waals surface area contributed by atoms with E-state index in [9.17, 15) is 19.2 Å². The van der Waals surface area contributed by atoms with Gasteiger partial charge in [-0.25, -0.2) is 24.1 Å². The number of nitrogens with one attached hydrogen (secondary N) is 2. The van der Waals surface area contributed by atoms with Gasteiger partial charge in [-0.1, -0.05) is 36.4 Å². The van der Waals surface area contributed by atoms with Crippen LogP contribution < -0.4 is 16.4 Å². The Morgan fingerprint density at radius 3 is 2.54 bits per heavy atom. The monoisotopic (exact) mass is 650 g/mol. The third-order valence-corrected chi connectivity index (χ3v) is 7.99. The first kappa shape index (κ1) is 33.8. The van der Waals surface area contributed by atoms with Crippen LogP contribution in [0.2, 0.25) is 0 Å². The third-order valence-electron chi connectivity index (χ3n) is 7.99. The number of ether oxygens (including phenoxy) is 1. The zero-order valence-corrected chi connectivity index (χ0v) is 27.5. The lowest BCUT2D eigenvalue weighted by Crippen LogP contribution is -2.35. The van der Waals surface area contributed by atoms with Gasteiger partial charge in [-0.3, -0.25) is 4.79 Å². The van der Waals surface area contributed by atoms with Gasteiger partial charge in [0.1, 0.15) is 29.1 Å². The molecule has 248 valence electrons. The van der Waals surface area contributed by atoms with Crippen LogP contribution in [-0.2, 0) is 17.7 Å². The Balaban J connectivity index is 1.22. The molecule has 0 radical (unpaired) electrons. The van der Waals surface area contributed by atoms with Crippen molar-refractivity contribution in [2.75, 3.05) is 24.1 Å². The summed E-state index contributed by atoms with van der Waals surface area (Å²) in [5.74, 6) is 0.127. The van der Waals surface area contributed by atoms with Gasteiger partial charge in [-0.05, 0) is 75.8 Å². The van der Waals surface area contributed by atoms with E-state index in [0.717, 1.165) is 23.1 Å². The Kier molecular flexibility index (Phi) is 10.2. The van der Waals surface area contributed by atoms with Gasteiger partial charge in [0.25, 0.3) is 5.91 Å². The van der Waals surface area contributed by atoms with E-state index in [1.165, 1.54) is 24.4 Å². The molecule has 0 bridgehead atoms. The Labute approximate surface area is 279 Å². The number of nitrogens with two attached hydrogens (primary N) is 1. The molecule has 11 nitrogen and oxygen atoms in total. The Bertz CT molecular complexity index is 1820. The number of anilines is 2. The number of amides is 2. The highest BCUT2D eigenvalue weighted by Crippen LogP contribution is 2.26. The Morgan fingerprint density at radius 1 is 1.12 bits per heavy atom. The fraction of sp³-hybridized carbons (Fsp3) is 0.333. The molecular formula is C36H39FN8O3. The molecule has 0 aliphatic carbocycles. The Hall–Kier alpha value is -5.57. The largest absolute Gasteiger partial charge is 0.444 e. The normalized spacial score (nSPS) is 15.0. The predicted molar refractivity (Wildman–Crippen MR) is 180 cm³/mol. The van der Waals surface area contributed by atoms with Crippen LogP contribution in [0.3, 0.4) is 0 Å². The molecule has 5 rings (SSSR count). The number of halogens is 1. The van der Waals surface area contributed by atoms with Gasteiger partial charge in [0.15, 0.2) is 0 Å². The van der Waals surface area contributed by atoms with Crippen molar-refractivity contribution in [2.24, 2.45) is 5.92 Å². The zero-order valence-electron chi connectivity index (χ0n) is 27.5. The van der Waals surface area contributed by atoms with Crippen LogP contribution in [0.4, 0.5) is 20.8 Å². The number of carbonyl (C=O) groups is 2. The van der Waals surface area contributed by atoms with E-state index < -0.39 is 17.6 Å². The standard InChI is InChI=1S/C36H39FN8O3/c1-22(26-9-11-28(37)12-10-26)43-34(46)29-15-25(17-38)19-42-33(29)41-18-23-5-7-27(8-6-23)31-20-40-32(39)30(44-31)16-24-13-14-45(21-24)35(47)48-36(2,3)4/h5-12,15,19-20,22,24H,13-14,16,18,21H2,1-4H3,(H2,39,40)(H,41,42)(H,43,46)/t22-,24?/m0/s1. The Morgan fingerprint density at radius 2 is 1.85 bits per heavy atom. The van der Waals surface area contributed by atoms with E-state index in [4.69, 9.17) is 15.5 Å². The van der Waals surface area contributed by atoms with E-state index in [2.05, 4.69) is 20.6 Å². The lowest BCUT2D eigenvalue weighted by molar-refractivity contribution is 0.0288. The van der Waals surface area contributed by atoms with Gasteiger partial charge in [0, 0.05) is 31.4 Å². The first-order valence-corrected chi connectivity index (χ1v) is 15.8. The number of hydrogen-bond donors (Lipinski definition) is 3. The van der Waals surface area contributed by atoms with Gasteiger partial charge in [-0.2, -0.15) is 5.26 Å². The minimum absolute atomic E-state index is 0.201. The SMILES string of the molecule is C[C@H](NC(=O)c1cc(C#N)cnc1NCc1ccc(-c2cnc(N)c(CC3CCN(C(=O)OC(C)(C)C)C3)n2)cc1)c1ccc(F)cc1. The summed E-state index contributed by atoms with van der Waals surface area (Å²) < 4.78 is 18.9. The van der Waals surface area contributed by atoms with E-state index in [0.29, 0.717) is 49.1 Å². The van der Waals surface area contributed by atoms with Gasteiger partial charge >= 0.3 is 6.09 Å². The molecule has 2 amide bonds. The summed E-state index contributed by atoms with van der Waals surface area (Å²) in [7, 11) is 0. The fourth-order valence-corrected chi connectivity index (χ4v) is 5.42. The van der Waals surface area contributed by atoms with Crippen LogP contribution >= 0.6 is 0 Å². The summed E-state index contributed by atoms with van der Waals surface area (Å²) in [6, 6.07) is 16.8. The molecule has 2 aromatic carbocycles. The van der Waals surface area contributed by atoms with Crippen LogP contribution in [0.25, 0.3) is 11.3 Å². The quantitative estimate of drug-likeness (QED) is 0.196. The van der Waals surface area contributed by atoms with Crippen molar-refractivity contribution in [1.82, 2.24) is 25.2 Å². The van der Waals surface area contributed by atoms with Crippen LogP contribution in [0.5, 0.6) is 0 Å². The lowest BCUT2D eigenvalue weighted by atomic mass is 10.0. The minimum Gasteiger partial charge on any atom is -0.444 e. The smallest absolute Gasteiger partial charge is 0.410 e. The molecule has 1 saturated heterocycles. The maximum absolute atomic E-state index is 13.4. The average molecular weight is 651 g/mol. The van der Waals surface area contributed by atoms with Crippen molar-refractivity contribution in [3.05, 3.63) is 101 Å². The summed E-state index contributed by atoms with van der Waals surface area (Å²) in [6.45, 7) is 8.92. The number of nitrogens with zero attached hydrogens (tertiary/aromatic N) is 5. The van der Waals surface area contributed by atoms with Gasteiger partial charge in [0.05, 0.1) is 34.8 Å². The first-order valence-electron chi connectivity index (χ1n) is 15.8. The van der Waals surface area contributed by atoms with Crippen LogP contribution in [0.15, 0.2) is 67.0 Å². The minimum atomic E-state index is -0.545. The molecule has 1 aliphatic heterocycles. The van der Waals surface area contributed by atoms with Crippen LogP contribution in [0.1, 0.15) is 72.9 Å². The van der Waals surface area contributed by atoms with Crippen molar-refractivity contribution in [3.63, 3.8) is 0 Å². The molecule has 1 fully saturated rings. The maximum Gasteiger partial charge on any atom is 0.410 e. The maximum atomic E-state index is 13.4. The number of nitriles is 1. The highest BCUT2D eigenvalue weighted by atomic mass is 19.1. The number of rotatable bonds is 9. The zero-order chi connectivity index (χ0) is 34.4. The summed E-state index contributed by atoms with van der Waals surface area (Å²) in [5, 5.41) is 15.5. The van der Waals surface area contributed by atoms with Gasteiger partial charge in [0.2, 0.25) is 0 Å². The molecular weight excluding hydrogens is 611 g/mol. The number of benzene rings is 2. The first-order chi connectivity index (χ1) is 22.9. The van der Waals surface area contributed by atoms with Crippen molar-refractivity contribution < 1.29 is 18.7 Å². The second-order valence-corrected chi connectivity index (χ2v) is 12.9. The predicted octanol–water partition coefficient (Wildman–Crippen LogP) is 6.03. The molecule has 48 heavy (non-hydrogen) atoms. The highest BCUT2D eigenvalue weighted by Gasteiger charge is 2.30. The highest BCUT2D eigenvalue weighted by molar-refractivity contribution is 5.99. The van der Waals surface area contributed by atoms with Crippen molar-refractivity contribution in [2.45, 2.75) is 58.7 Å². The second-order valence-electron chi connectivity index (χ2n) is 12.9. The van der Waals surface area contributed by atoms with Crippen LogP contribution in [0, 0.1) is 23.1 Å². The third kappa shape index (κ3) is 8.61. The second kappa shape index (κ2) is 14.5. The van der Waals surface area contributed by atoms with E-state index >= 15 is 0 Å². The lowest BCUT2D eigenvalue weighted by Gasteiger charge is -2.24. The molecule has 0 saturated carbocycles. The fourth-order valence-electron chi connectivity index (χ4n) is 5.42. The average Bonchev–Trinajstić information content (AvgIpc) is 3.53. The van der Waals surface area contributed by atoms with Crippen LogP contribution in [-0.4, -0.2) is 50.5 Å². The molecule has 2 aromatic heterocycles. The number of nitrogen functional groups attached to an aromatic ring is 1. The summed E-state index contributed by atoms with van der Waals surface area (Å²) in [4.78, 5) is 41.0. The number of hydrogen-bond acceptors (Lipinski definition) is 9. The number of likely N-dealkylation sites (tertiary alicyclic amines) is 1. The molecule has 4 N–H and O–H groups in total. The van der Waals surface area contributed by atoms with Gasteiger partial charge in [-0.15, -0.1) is 0 Å². The van der Waals surface area contributed by atoms with Crippen molar-refractivity contribution >= 4 is 23.6 Å². The summed E-state index contributed by atoms with van der Waals surface area (Å²) >= 11 is 0. The molecule has 12 heteroatoms. The van der Waals surface area contributed by atoms with Crippen molar-refractivity contribution in [1.29, 1.82) is 5.26 Å². The van der Waals surface area contributed by atoms with Gasteiger partial charge < -0.3 is 26.0 Å². The van der Waals surface area contributed by atoms with Crippen molar-refractivity contribution in [3.8, 4) is 17.3 Å². The number of aromatic nitrogens is 3. The molecule has 3 heterocycles. The number of pyridine rings is 1. The molecule has 0 spiro atoms. The summed E-state index contributed by atoms with van der Waals surface area (Å²) in [6.07, 6.45) is 4.18. The molecule has 2 atom stereocenters. The molecule has 4 aromatic rings.